The Labute approximate surface area is 119 Å². The molecule has 0 heterocycles. The minimum atomic E-state index is 0.599. The highest BCUT2D eigenvalue weighted by Crippen LogP contribution is 2.29. The van der Waals surface area contributed by atoms with Gasteiger partial charge in [-0.15, -0.1) is 0 Å². The van der Waals surface area contributed by atoms with Gasteiger partial charge in [-0.25, -0.2) is 0 Å². The molecule has 0 aliphatic heterocycles. The first-order chi connectivity index (χ1) is 9.78. The number of aliphatic imine (C=N–C) groups is 1. The molecule has 0 spiro atoms. The molecule has 0 amide bonds. The second-order valence-corrected chi connectivity index (χ2v) is 4.49. The van der Waals surface area contributed by atoms with Gasteiger partial charge >= 0.3 is 0 Å². The summed E-state index contributed by atoms with van der Waals surface area (Å²) in [5, 5.41) is 8.99. The van der Waals surface area contributed by atoms with Crippen LogP contribution in [0, 0.1) is 11.3 Å². The van der Waals surface area contributed by atoms with E-state index in [1.807, 2.05) is 25.1 Å². The van der Waals surface area contributed by atoms with Gasteiger partial charge in [0.15, 0.2) is 11.5 Å². The molecule has 104 valence electrons. The van der Waals surface area contributed by atoms with Crippen LogP contribution in [0.15, 0.2) is 34.5 Å². The van der Waals surface area contributed by atoms with E-state index in [2.05, 4.69) is 11.1 Å². The lowest BCUT2D eigenvalue weighted by Gasteiger charge is -2.09. The molecular formula is C16H18N2O2. The molecule has 0 fully saturated rings. The average Bonchev–Trinajstić information content (AvgIpc) is 2.94. The van der Waals surface area contributed by atoms with Gasteiger partial charge in [0.25, 0.3) is 0 Å². The monoisotopic (exact) mass is 270 g/mol. The van der Waals surface area contributed by atoms with Crippen molar-refractivity contribution < 1.29 is 9.47 Å². The minimum absolute atomic E-state index is 0.599. The number of nitrogens with zero attached hydrogens (tertiary/aromatic N) is 2. The predicted octanol–water partition coefficient (Wildman–Crippen LogP) is 3.47. The maximum Gasteiger partial charge on any atom is 0.161 e. The van der Waals surface area contributed by atoms with Gasteiger partial charge in [-0.2, -0.15) is 5.26 Å². The zero-order chi connectivity index (χ0) is 14.4. The van der Waals surface area contributed by atoms with Crippen LogP contribution in [0.5, 0.6) is 11.5 Å². The van der Waals surface area contributed by atoms with Gasteiger partial charge in [0.1, 0.15) is 0 Å². The average molecular weight is 270 g/mol. The Balaban J connectivity index is 2.20. The van der Waals surface area contributed by atoms with Crippen LogP contribution >= 0.6 is 0 Å². The third-order valence-corrected chi connectivity index (χ3v) is 3.18. The molecule has 1 aliphatic carbocycles. The Morgan fingerprint density at radius 1 is 1.35 bits per heavy atom. The molecule has 0 radical (unpaired) electrons. The van der Waals surface area contributed by atoms with Gasteiger partial charge in [-0.05, 0) is 49.9 Å². The molecular weight excluding hydrogens is 252 g/mol. The topological polar surface area (TPSA) is 54.6 Å². The van der Waals surface area contributed by atoms with Crippen molar-refractivity contribution in [3.05, 3.63) is 35.0 Å². The first-order valence-corrected chi connectivity index (χ1v) is 6.75. The van der Waals surface area contributed by atoms with Crippen molar-refractivity contribution in [2.75, 3.05) is 13.7 Å². The smallest absolute Gasteiger partial charge is 0.161 e. The quantitative estimate of drug-likeness (QED) is 0.770. The first kappa shape index (κ1) is 14.1. The molecule has 0 saturated carbocycles. The molecule has 4 heteroatoms. The highest BCUT2D eigenvalue weighted by atomic mass is 16.5. The van der Waals surface area contributed by atoms with Gasteiger partial charge in [-0.1, -0.05) is 0 Å². The van der Waals surface area contributed by atoms with E-state index >= 15 is 0 Å². The lowest BCUT2D eigenvalue weighted by molar-refractivity contribution is 0.311. The second kappa shape index (κ2) is 6.76. The number of benzene rings is 1. The molecule has 0 saturated heterocycles. The van der Waals surface area contributed by atoms with Gasteiger partial charge in [0.2, 0.25) is 0 Å². The van der Waals surface area contributed by atoms with Crippen molar-refractivity contribution in [1.82, 2.24) is 0 Å². The van der Waals surface area contributed by atoms with Crippen molar-refractivity contribution in [3.8, 4) is 17.6 Å². The molecule has 0 bridgehead atoms. The van der Waals surface area contributed by atoms with E-state index in [4.69, 9.17) is 14.7 Å². The fourth-order valence-corrected chi connectivity index (χ4v) is 2.18. The Kier molecular flexibility index (Phi) is 4.78. The number of methoxy groups -OCH3 is 1. The van der Waals surface area contributed by atoms with E-state index in [-0.39, 0.29) is 0 Å². The van der Waals surface area contributed by atoms with E-state index in [0.717, 1.165) is 41.8 Å². The van der Waals surface area contributed by atoms with E-state index < -0.39 is 0 Å². The maximum absolute atomic E-state index is 8.99. The molecule has 20 heavy (non-hydrogen) atoms. The van der Waals surface area contributed by atoms with Crippen LogP contribution < -0.4 is 9.47 Å². The van der Waals surface area contributed by atoms with E-state index in [9.17, 15) is 0 Å². The molecule has 0 aromatic heterocycles. The predicted molar refractivity (Wildman–Crippen MR) is 78.2 cm³/mol. The zero-order valence-corrected chi connectivity index (χ0v) is 11.8. The van der Waals surface area contributed by atoms with Crippen molar-refractivity contribution in [1.29, 1.82) is 5.26 Å². The number of nitriles is 1. The summed E-state index contributed by atoms with van der Waals surface area (Å²) in [5.74, 6) is 1.42. The lowest BCUT2D eigenvalue weighted by Crippen LogP contribution is -1.96. The fraction of sp³-hybridized carbons (Fsp3) is 0.375. The number of rotatable bonds is 5. The highest BCUT2D eigenvalue weighted by Gasteiger charge is 2.12. The summed E-state index contributed by atoms with van der Waals surface area (Å²) >= 11 is 0. The second-order valence-electron chi connectivity index (χ2n) is 4.49. The van der Waals surface area contributed by atoms with Crippen LogP contribution in [0.25, 0.3) is 0 Å². The van der Waals surface area contributed by atoms with Crippen LogP contribution in [0.4, 0.5) is 0 Å². The molecule has 4 nitrogen and oxygen atoms in total. The number of allylic oxidation sites excluding steroid dienone is 2. The van der Waals surface area contributed by atoms with Crippen LogP contribution in [-0.4, -0.2) is 19.9 Å². The highest BCUT2D eigenvalue weighted by molar-refractivity contribution is 5.81. The summed E-state index contributed by atoms with van der Waals surface area (Å²) in [6.45, 7) is 2.53. The summed E-state index contributed by atoms with van der Waals surface area (Å²) in [5.41, 5.74) is 2.64. The van der Waals surface area contributed by atoms with Crippen molar-refractivity contribution in [2.24, 2.45) is 4.99 Å². The Hall–Kier alpha value is -2.28. The van der Waals surface area contributed by atoms with Crippen LogP contribution in [0.3, 0.4) is 0 Å². The van der Waals surface area contributed by atoms with Crippen molar-refractivity contribution in [2.45, 2.75) is 26.2 Å². The Bertz CT molecular complexity index is 583. The summed E-state index contributed by atoms with van der Waals surface area (Å²) in [6, 6.07) is 7.91. The standard InChI is InChI=1S/C16H18N2O2/c1-3-20-15-8-7-12(9-16(15)19-2)11-18-14-6-4-5-13(14)10-17/h7-9,11H,3-6H2,1-2H3. The van der Waals surface area contributed by atoms with Gasteiger partial charge < -0.3 is 9.47 Å². The van der Waals surface area contributed by atoms with Gasteiger partial charge in [0, 0.05) is 6.21 Å². The number of hydrogen-bond acceptors (Lipinski definition) is 4. The fourth-order valence-electron chi connectivity index (χ4n) is 2.18. The summed E-state index contributed by atoms with van der Waals surface area (Å²) in [6.07, 6.45) is 4.52. The third-order valence-electron chi connectivity index (χ3n) is 3.18. The van der Waals surface area contributed by atoms with Gasteiger partial charge in [-0.3, -0.25) is 4.99 Å². The van der Waals surface area contributed by atoms with Crippen LogP contribution in [0.1, 0.15) is 31.7 Å². The van der Waals surface area contributed by atoms with Crippen LogP contribution in [-0.2, 0) is 0 Å². The molecule has 1 aromatic carbocycles. The summed E-state index contributed by atoms with van der Waals surface area (Å²) in [7, 11) is 1.62. The molecule has 1 aromatic rings. The zero-order valence-electron chi connectivity index (χ0n) is 11.8. The van der Waals surface area contributed by atoms with Crippen LogP contribution in [0.2, 0.25) is 0 Å². The lowest BCUT2D eigenvalue weighted by atomic mass is 10.2. The van der Waals surface area contributed by atoms with Gasteiger partial charge in [0.05, 0.1) is 31.1 Å². The normalized spacial score (nSPS) is 14.7. The SMILES string of the molecule is CCOc1ccc(C=NC2=C(C#N)CCC2)cc1OC. The number of ether oxygens (including phenoxy) is 2. The number of hydrogen-bond donors (Lipinski definition) is 0. The largest absolute Gasteiger partial charge is 0.493 e. The van der Waals surface area contributed by atoms with E-state index in [0.29, 0.717) is 12.4 Å². The minimum Gasteiger partial charge on any atom is -0.493 e. The summed E-state index contributed by atoms with van der Waals surface area (Å²) < 4.78 is 10.8. The van der Waals surface area contributed by atoms with E-state index in [1.165, 1.54) is 0 Å². The van der Waals surface area contributed by atoms with E-state index in [1.54, 1.807) is 13.3 Å². The maximum atomic E-state index is 8.99. The third kappa shape index (κ3) is 3.18. The summed E-state index contributed by atoms with van der Waals surface area (Å²) in [4.78, 5) is 4.43. The Morgan fingerprint density at radius 3 is 2.90 bits per heavy atom. The van der Waals surface area contributed by atoms with Crippen molar-refractivity contribution >= 4 is 6.21 Å². The molecule has 2 rings (SSSR count). The Morgan fingerprint density at radius 2 is 2.20 bits per heavy atom. The molecule has 0 N–H and O–H groups in total. The molecule has 0 unspecified atom stereocenters. The molecule has 1 aliphatic rings. The van der Waals surface area contributed by atoms with Crippen molar-refractivity contribution in [3.63, 3.8) is 0 Å². The molecule has 0 atom stereocenters. The first-order valence-electron chi connectivity index (χ1n) is 6.75.